The number of urea groups is 1. The molecule has 0 radical (unpaired) electrons. The summed E-state index contributed by atoms with van der Waals surface area (Å²) in [5, 5.41) is 15.0. The normalized spacial score (nSPS) is 10.3. The Morgan fingerprint density at radius 1 is 1.20 bits per heavy atom. The first-order valence-corrected chi connectivity index (χ1v) is 7.46. The molecule has 2 rings (SSSR count). The van der Waals surface area contributed by atoms with Gasteiger partial charge in [0.1, 0.15) is 5.01 Å². The van der Waals surface area contributed by atoms with Gasteiger partial charge in [-0.15, -0.1) is 10.2 Å². The van der Waals surface area contributed by atoms with Crippen LogP contribution in [0.4, 0.5) is 15.6 Å². The molecule has 0 saturated heterocycles. The minimum atomic E-state index is -0.299. The third-order valence-electron chi connectivity index (χ3n) is 2.74. The number of nitrogens with zero attached hydrogens (tertiary/aromatic N) is 2. The fraction of sp³-hybridized carbons (Fsp3) is 0.357. The van der Waals surface area contributed by atoms with Crippen molar-refractivity contribution in [1.29, 1.82) is 0 Å². The van der Waals surface area contributed by atoms with Gasteiger partial charge in [0.25, 0.3) is 0 Å². The fourth-order valence-corrected chi connectivity index (χ4v) is 2.41. The number of rotatable bonds is 5. The van der Waals surface area contributed by atoms with E-state index in [1.165, 1.54) is 11.3 Å². The summed E-state index contributed by atoms with van der Waals surface area (Å²) in [6.07, 6.45) is 3.12. The molecule has 1 heterocycles. The standard InChI is InChI=1S/C14H18N4OS/c1-3-4-5-12-17-18-14(20-12)16-13(19)15-11-8-6-10(2)7-9-11/h6-9H,3-5H2,1-2H3,(H2,15,16,18,19). The highest BCUT2D eigenvalue weighted by Gasteiger charge is 2.07. The number of carbonyl (C=O) groups is 1. The molecule has 106 valence electrons. The van der Waals surface area contributed by atoms with E-state index in [0.29, 0.717) is 5.13 Å². The van der Waals surface area contributed by atoms with Crippen LogP contribution in [0.1, 0.15) is 30.3 Å². The molecular weight excluding hydrogens is 272 g/mol. The fourth-order valence-electron chi connectivity index (χ4n) is 1.63. The van der Waals surface area contributed by atoms with E-state index in [0.717, 1.165) is 35.5 Å². The molecule has 2 amide bonds. The molecule has 0 aliphatic carbocycles. The molecule has 0 fully saturated rings. The SMILES string of the molecule is CCCCc1nnc(NC(=O)Nc2ccc(C)cc2)s1. The molecule has 2 aromatic rings. The highest BCUT2D eigenvalue weighted by Crippen LogP contribution is 2.17. The number of hydrogen-bond acceptors (Lipinski definition) is 4. The minimum absolute atomic E-state index is 0.299. The molecule has 0 atom stereocenters. The summed E-state index contributed by atoms with van der Waals surface area (Å²) < 4.78 is 0. The van der Waals surface area contributed by atoms with Crippen molar-refractivity contribution in [1.82, 2.24) is 10.2 Å². The lowest BCUT2D eigenvalue weighted by Gasteiger charge is -2.04. The second-order valence-corrected chi connectivity index (χ2v) is 5.61. The molecule has 0 aliphatic heterocycles. The summed E-state index contributed by atoms with van der Waals surface area (Å²) in [5.74, 6) is 0. The Hall–Kier alpha value is -1.95. The van der Waals surface area contributed by atoms with Crippen molar-refractivity contribution < 1.29 is 4.79 Å². The maximum absolute atomic E-state index is 11.8. The van der Waals surface area contributed by atoms with Crippen LogP contribution in [0.25, 0.3) is 0 Å². The van der Waals surface area contributed by atoms with E-state index >= 15 is 0 Å². The molecule has 0 unspecified atom stereocenters. The molecule has 20 heavy (non-hydrogen) atoms. The second-order valence-electron chi connectivity index (χ2n) is 4.55. The van der Waals surface area contributed by atoms with Gasteiger partial charge >= 0.3 is 6.03 Å². The van der Waals surface area contributed by atoms with Crippen molar-refractivity contribution in [3.8, 4) is 0 Å². The maximum Gasteiger partial charge on any atom is 0.325 e. The number of benzene rings is 1. The van der Waals surface area contributed by atoms with Gasteiger partial charge in [0, 0.05) is 12.1 Å². The average Bonchev–Trinajstić information content (AvgIpc) is 2.86. The van der Waals surface area contributed by atoms with Gasteiger partial charge in [-0.25, -0.2) is 4.79 Å². The van der Waals surface area contributed by atoms with Gasteiger partial charge < -0.3 is 5.32 Å². The largest absolute Gasteiger partial charge is 0.325 e. The predicted molar refractivity (Wildman–Crippen MR) is 82.3 cm³/mol. The van der Waals surface area contributed by atoms with E-state index < -0.39 is 0 Å². The summed E-state index contributed by atoms with van der Waals surface area (Å²) in [4.78, 5) is 11.8. The predicted octanol–water partition coefficient (Wildman–Crippen LogP) is 3.83. The smallest absolute Gasteiger partial charge is 0.308 e. The Morgan fingerprint density at radius 3 is 2.65 bits per heavy atom. The molecule has 0 bridgehead atoms. The summed E-state index contributed by atoms with van der Waals surface area (Å²) >= 11 is 1.42. The molecule has 1 aromatic heterocycles. The number of nitrogens with one attached hydrogen (secondary N) is 2. The first-order valence-electron chi connectivity index (χ1n) is 6.64. The second kappa shape index (κ2) is 7.00. The number of aromatic nitrogens is 2. The van der Waals surface area contributed by atoms with Crippen LogP contribution in [0, 0.1) is 6.92 Å². The van der Waals surface area contributed by atoms with E-state index in [-0.39, 0.29) is 6.03 Å². The first-order chi connectivity index (χ1) is 9.67. The number of unbranched alkanes of at least 4 members (excludes halogenated alkanes) is 1. The zero-order chi connectivity index (χ0) is 14.4. The van der Waals surface area contributed by atoms with E-state index in [9.17, 15) is 4.79 Å². The number of carbonyl (C=O) groups excluding carboxylic acids is 1. The summed E-state index contributed by atoms with van der Waals surface area (Å²) in [5.41, 5.74) is 1.91. The number of hydrogen-bond donors (Lipinski definition) is 2. The quantitative estimate of drug-likeness (QED) is 0.879. The van der Waals surface area contributed by atoms with Crippen LogP contribution in [0.2, 0.25) is 0 Å². The minimum Gasteiger partial charge on any atom is -0.308 e. The van der Waals surface area contributed by atoms with Crippen molar-refractivity contribution >= 4 is 28.2 Å². The van der Waals surface area contributed by atoms with Crippen molar-refractivity contribution in [2.24, 2.45) is 0 Å². The first kappa shape index (κ1) is 14.5. The van der Waals surface area contributed by atoms with Gasteiger partial charge in [-0.05, 0) is 25.5 Å². The number of aryl methyl sites for hydroxylation is 2. The topological polar surface area (TPSA) is 66.9 Å². The summed E-state index contributed by atoms with van der Waals surface area (Å²) in [6.45, 7) is 4.14. The van der Waals surface area contributed by atoms with Gasteiger partial charge in [-0.2, -0.15) is 0 Å². The summed E-state index contributed by atoms with van der Waals surface area (Å²) in [7, 11) is 0. The highest BCUT2D eigenvalue weighted by atomic mass is 32.1. The lowest BCUT2D eigenvalue weighted by atomic mass is 10.2. The van der Waals surface area contributed by atoms with Crippen LogP contribution >= 0.6 is 11.3 Å². The van der Waals surface area contributed by atoms with E-state index in [4.69, 9.17) is 0 Å². The molecule has 2 N–H and O–H groups in total. The molecule has 6 heteroatoms. The van der Waals surface area contributed by atoms with Gasteiger partial charge in [-0.3, -0.25) is 5.32 Å². The van der Waals surface area contributed by atoms with Crippen molar-refractivity contribution in [2.45, 2.75) is 33.1 Å². The maximum atomic E-state index is 11.8. The van der Waals surface area contributed by atoms with Crippen LogP contribution < -0.4 is 10.6 Å². The third-order valence-corrected chi connectivity index (χ3v) is 3.64. The molecule has 1 aromatic carbocycles. The Bertz CT molecular complexity index is 565. The van der Waals surface area contributed by atoms with Crippen LogP contribution in [-0.4, -0.2) is 16.2 Å². The highest BCUT2D eigenvalue weighted by molar-refractivity contribution is 7.15. The molecular formula is C14H18N4OS. The average molecular weight is 290 g/mol. The van der Waals surface area contributed by atoms with Crippen LogP contribution in [0.3, 0.4) is 0 Å². The Balaban J connectivity index is 1.87. The Morgan fingerprint density at radius 2 is 1.95 bits per heavy atom. The molecule has 0 saturated carbocycles. The van der Waals surface area contributed by atoms with Gasteiger partial charge in [-0.1, -0.05) is 42.4 Å². The van der Waals surface area contributed by atoms with Crippen molar-refractivity contribution in [3.05, 3.63) is 34.8 Å². The number of amides is 2. The number of anilines is 2. The van der Waals surface area contributed by atoms with Crippen molar-refractivity contribution in [2.75, 3.05) is 10.6 Å². The van der Waals surface area contributed by atoms with Crippen LogP contribution in [0.5, 0.6) is 0 Å². The van der Waals surface area contributed by atoms with Gasteiger partial charge in [0.15, 0.2) is 0 Å². The zero-order valence-corrected chi connectivity index (χ0v) is 12.5. The summed E-state index contributed by atoms with van der Waals surface area (Å²) in [6, 6.07) is 7.32. The van der Waals surface area contributed by atoms with Crippen LogP contribution in [-0.2, 0) is 6.42 Å². The third kappa shape index (κ3) is 4.31. The van der Waals surface area contributed by atoms with E-state index in [2.05, 4.69) is 27.8 Å². The Kier molecular flexibility index (Phi) is 5.06. The molecule has 5 nitrogen and oxygen atoms in total. The lowest BCUT2D eigenvalue weighted by molar-refractivity contribution is 0.262. The van der Waals surface area contributed by atoms with Gasteiger partial charge in [0.05, 0.1) is 0 Å². The Labute approximate surface area is 122 Å². The monoisotopic (exact) mass is 290 g/mol. The lowest BCUT2D eigenvalue weighted by Crippen LogP contribution is -2.19. The zero-order valence-electron chi connectivity index (χ0n) is 11.6. The molecule has 0 spiro atoms. The van der Waals surface area contributed by atoms with Crippen molar-refractivity contribution in [3.63, 3.8) is 0 Å². The van der Waals surface area contributed by atoms with E-state index in [1.807, 2.05) is 31.2 Å². The van der Waals surface area contributed by atoms with E-state index in [1.54, 1.807) is 0 Å². The van der Waals surface area contributed by atoms with Crippen LogP contribution in [0.15, 0.2) is 24.3 Å². The van der Waals surface area contributed by atoms with Gasteiger partial charge in [0.2, 0.25) is 5.13 Å². The molecule has 0 aliphatic rings.